The third kappa shape index (κ3) is 60.5. The lowest BCUT2D eigenvalue weighted by molar-refractivity contribution is -0.161. The van der Waals surface area contributed by atoms with Crippen LogP contribution in [0.5, 0.6) is 0 Å². The number of carbonyl (C=O) groups is 3. The molecule has 0 fully saturated rings. The Balaban J connectivity index is 4.68. The van der Waals surface area contributed by atoms with Crippen molar-refractivity contribution in [3.63, 3.8) is 0 Å². The fourth-order valence-corrected chi connectivity index (χ4v) is 10.1. The molecule has 0 saturated carbocycles. The van der Waals surface area contributed by atoms with Gasteiger partial charge in [-0.3, -0.25) is 32.5 Å². The number of esters is 3. The second-order valence-electron chi connectivity index (χ2n) is 21.6. The van der Waals surface area contributed by atoms with E-state index >= 15 is 0 Å². The smallest absolute Gasteiger partial charge is 0.463 e. The zero-order valence-corrected chi connectivity index (χ0v) is 53.6. The Morgan fingerprint density at radius 1 is 0.349 bits per heavy atom. The van der Waals surface area contributed by atoms with Gasteiger partial charge >= 0.3 is 33.6 Å². The molecule has 0 aliphatic rings. The summed E-state index contributed by atoms with van der Waals surface area (Å²) in [6.07, 6.45) is 59.8. The van der Waals surface area contributed by atoms with Gasteiger partial charge in [0.25, 0.3) is 0 Å². The fourth-order valence-electron chi connectivity index (χ4n) is 8.54. The molecule has 83 heavy (non-hydrogen) atoms. The van der Waals surface area contributed by atoms with E-state index in [0.717, 1.165) is 77.0 Å². The molecule has 0 aromatic rings. The highest BCUT2D eigenvalue weighted by atomic mass is 31.2. The Kier molecular flexibility index (Phi) is 57.2. The number of hydrogen-bond acceptors (Lipinski definition) is 14. The summed E-state index contributed by atoms with van der Waals surface area (Å²) in [4.78, 5) is 58.2. The highest BCUT2D eigenvalue weighted by Gasteiger charge is 2.29. The molecule has 4 N–H and O–H groups in total. The van der Waals surface area contributed by atoms with Gasteiger partial charge in [-0.15, -0.1) is 0 Å². The van der Waals surface area contributed by atoms with E-state index in [1.54, 1.807) is 0 Å². The van der Waals surface area contributed by atoms with Crippen LogP contribution in [0.3, 0.4) is 0 Å². The van der Waals surface area contributed by atoms with Crippen LogP contribution in [-0.4, -0.2) is 95.9 Å². The zero-order chi connectivity index (χ0) is 61.0. The van der Waals surface area contributed by atoms with Crippen molar-refractivity contribution < 1.29 is 75.8 Å². The quantitative estimate of drug-likeness (QED) is 0.0146. The molecule has 5 unspecified atom stereocenters. The first-order chi connectivity index (χ1) is 40.2. The first kappa shape index (κ1) is 80.0. The molecule has 0 heterocycles. The van der Waals surface area contributed by atoms with E-state index < -0.39 is 91.5 Å². The predicted octanol–water partition coefficient (Wildman–Crippen LogP) is 17.2. The fraction of sp³-hybridized carbons (Fsp3) is 0.769. The van der Waals surface area contributed by atoms with Gasteiger partial charge in [-0.25, -0.2) is 9.13 Å². The molecule has 0 aliphatic carbocycles. The summed E-state index contributed by atoms with van der Waals surface area (Å²) in [5.74, 6) is -1.64. The molecule has 0 aromatic heterocycles. The van der Waals surface area contributed by atoms with Crippen LogP contribution in [0.2, 0.25) is 0 Å². The molecule has 0 aliphatic heterocycles. The van der Waals surface area contributed by atoms with Crippen molar-refractivity contribution in [2.75, 3.05) is 39.6 Å². The molecule has 5 atom stereocenters. The summed E-state index contributed by atoms with van der Waals surface area (Å²) in [5.41, 5.74) is 0. The maximum atomic E-state index is 12.9. The number of carbonyl (C=O) groups excluding carboxylic acids is 3. The normalized spacial score (nSPS) is 14.8. The standard InChI is InChI=1S/C65H116O16P2/c1-4-7-10-13-16-19-22-25-27-28-29-30-32-35-36-39-42-45-48-51-63(68)75-54-60(66)55-77-82(71,72)78-56-61(67)57-79-83(73,74)80-59-62(81-65(70)53-50-47-44-41-38-33-24-21-18-15-12-9-6-3)58-76-64(69)52-49-46-43-40-37-34-31-26-23-20-17-14-11-8-5-2/h7,10,16,19,25,27,29-30,35-36,42,45,60-62,66-67H,4-6,8-9,11-15,17-18,20-24,26,28,31-34,37-41,43-44,46-59H2,1-3H3,(H,71,72)(H,73,74)/b10-7-,19-16-,27-25-,30-29-,36-35-,45-42-. The summed E-state index contributed by atoms with van der Waals surface area (Å²) >= 11 is 0. The van der Waals surface area contributed by atoms with Crippen molar-refractivity contribution in [1.29, 1.82) is 0 Å². The van der Waals surface area contributed by atoms with Crippen molar-refractivity contribution in [3.05, 3.63) is 72.9 Å². The van der Waals surface area contributed by atoms with E-state index in [1.165, 1.54) is 122 Å². The second-order valence-corrected chi connectivity index (χ2v) is 24.5. The van der Waals surface area contributed by atoms with Gasteiger partial charge in [0.2, 0.25) is 0 Å². The highest BCUT2D eigenvalue weighted by molar-refractivity contribution is 7.47. The minimum absolute atomic E-state index is 0.0613. The van der Waals surface area contributed by atoms with Crippen LogP contribution in [0.25, 0.3) is 0 Å². The van der Waals surface area contributed by atoms with E-state index in [2.05, 4.69) is 75.5 Å². The van der Waals surface area contributed by atoms with E-state index in [0.29, 0.717) is 25.7 Å². The van der Waals surface area contributed by atoms with Crippen LogP contribution in [0, 0.1) is 0 Å². The number of hydrogen-bond donors (Lipinski definition) is 4. The summed E-state index contributed by atoms with van der Waals surface area (Å²) in [6.45, 7) is 2.48. The van der Waals surface area contributed by atoms with Gasteiger partial charge in [-0.1, -0.05) is 261 Å². The van der Waals surface area contributed by atoms with Gasteiger partial charge in [0.05, 0.1) is 26.4 Å². The van der Waals surface area contributed by atoms with Crippen molar-refractivity contribution in [2.45, 2.75) is 283 Å². The van der Waals surface area contributed by atoms with E-state index in [-0.39, 0.29) is 19.3 Å². The first-order valence-electron chi connectivity index (χ1n) is 32.2. The van der Waals surface area contributed by atoms with Crippen molar-refractivity contribution in [2.24, 2.45) is 0 Å². The third-order valence-corrected chi connectivity index (χ3v) is 15.4. The Morgan fingerprint density at radius 3 is 1.01 bits per heavy atom. The van der Waals surface area contributed by atoms with E-state index in [9.17, 15) is 43.5 Å². The summed E-state index contributed by atoms with van der Waals surface area (Å²) in [5, 5.41) is 20.5. The van der Waals surface area contributed by atoms with E-state index in [4.69, 9.17) is 32.3 Å². The molecule has 0 amide bonds. The van der Waals surface area contributed by atoms with Gasteiger partial charge < -0.3 is 34.2 Å². The number of rotatable bonds is 61. The highest BCUT2D eigenvalue weighted by Crippen LogP contribution is 2.45. The van der Waals surface area contributed by atoms with Crippen molar-refractivity contribution >= 4 is 33.6 Å². The summed E-state index contributed by atoms with van der Waals surface area (Å²) in [6, 6.07) is 0. The van der Waals surface area contributed by atoms with Crippen molar-refractivity contribution in [3.8, 4) is 0 Å². The summed E-state index contributed by atoms with van der Waals surface area (Å²) in [7, 11) is -9.77. The average Bonchev–Trinajstić information content (AvgIpc) is 3.46. The van der Waals surface area contributed by atoms with Crippen LogP contribution in [0.15, 0.2) is 72.9 Å². The lowest BCUT2D eigenvalue weighted by atomic mass is 10.0. The molecule has 0 spiro atoms. The van der Waals surface area contributed by atoms with Crippen LogP contribution >= 0.6 is 15.6 Å². The van der Waals surface area contributed by atoms with Crippen LogP contribution < -0.4 is 0 Å². The largest absolute Gasteiger partial charge is 0.472 e. The Labute approximate surface area is 503 Å². The lowest BCUT2D eigenvalue weighted by Crippen LogP contribution is -2.30. The molecule has 482 valence electrons. The molecule has 16 nitrogen and oxygen atoms in total. The topological polar surface area (TPSA) is 231 Å². The number of phosphoric ester groups is 2. The molecular weight excluding hydrogens is 1100 g/mol. The monoisotopic (exact) mass is 1210 g/mol. The van der Waals surface area contributed by atoms with Gasteiger partial charge in [-0.2, -0.15) is 0 Å². The number of phosphoric acid groups is 2. The zero-order valence-electron chi connectivity index (χ0n) is 51.9. The van der Waals surface area contributed by atoms with Crippen LogP contribution in [-0.2, 0) is 55.8 Å². The molecule has 0 saturated heterocycles. The SMILES string of the molecule is CC/C=C\C/C=C\C/C=C\C/C=C\C/C=C\C/C=C\CCC(=O)OCC(O)COP(=O)(O)OCC(O)COP(=O)(O)OCC(COC(=O)CCCCCCCCCCCCCCCCC)OC(=O)CCCCCCCCCCCCCCC. The Morgan fingerprint density at radius 2 is 0.639 bits per heavy atom. The van der Waals surface area contributed by atoms with Gasteiger partial charge in [0.1, 0.15) is 25.4 Å². The first-order valence-corrected chi connectivity index (χ1v) is 35.2. The number of aliphatic hydroxyl groups is 2. The minimum atomic E-state index is -4.92. The molecule has 0 rings (SSSR count). The van der Waals surface area contributed by atoms with Gasteiger partial charge in [0.15, 0.2) is 6.10 Å². The molecule has 18 heteroatoms. The predicted molar refractivity (Wildman–Crippen MR) is 335 cm³/mol. The lowest BCUT2D eigenvalue weighted by Gasteiger charge is -2.21. The van der Waals surface area contributed by atoms with Gasteiger partial charge in [0, 0.05) is 19.3 Å². The molecular formula is C65H116O16P2. The molecule has 0 bridgehead atoms. The molecule has 0 radical (unpaired) electrons. The maximum absolute atomic E-state index is 12.9. The van der Waals surface area contributed by atoms with Crippen LogP contribution in [0.1, 0.15) is 265 Å². The number of unbranched alkanes of at least 4 members (excludes halogenated alkanes) is 26. The number of allylic oxidation sites excluding steroid dienone is 12. The second kappa shape index (κ2) is 59.3. The third-order valence-electron chi connectivity index (χ3n) is 13.5. The van der Waals surface area contributed by atoms with Crippen LogP contribution in [0.4, 0.5) is 0 Å². The van der Waals surface area contributed by atoms with Crippen molar-refractivity contribution in [1.82, 2.24) is 0 Å². The van der Waals surface area contributed by atoms with Gasteiger partial charge in [-0.05, 0) is 57.8 Å². The Hall–Kier alpha value is -3.01. The molecule has 0 aromatic carbocycles. The maximum Gasteiger partial charge on any atom is 0.472 e. The van der Waals surface area contributed by atoms with E-state index in [1.807, 2.05) is 18.2 Å². The minimum Gasteiger partial charge on any atom is -0.463 e. The number of ether oxygens (including phenoxy) is 3. The Bertz CT molecular complexity index is 1820. The average molecular weight is 1220 g/mol. The number of aliphatic hydroxyl groups excluding tert-OH is 2. The summed E-state index contributed by atoms with van der Waals surface area (Å²) < 4.78 is 60.7.